The van der Waals surface area contributed by atoms with Crippen molar-refractivity contribution in [1.29, 1.82) is 0 Å². The molecule has 0 atom stereocenters. The maximum absolute atomic E-state index is 4.31. The predicted molar refractivity (Wildman–Crippen MR) is 64.4 cm³/mol. The van der Waals surface area contributed by atoms with Crippen molar-refractivity contribution < 1.29 is 0 Å². The molecule has 80 valence electrons. The van der Waals surface area contributed by atoms with Gasteiger partial charge in [0, 0.05) is 12.7 Å². The molecule has 2 aromatic heterocycles. The number of halogens is 1. The molecule has 0 aliphatic heterocycles. The first-order chi connectivity index (χ1) is 7.29. The third kappa shape index (κ3) is 2.55. The van der Waals surface area contributed by atoms with Crippen LogP contribution >= 0.6 is 22.6 Å². The van der Waals surface area contributed by atoms with Gasteiger partial charge >= 0.3 is 0 Å². The zero-order valence-corrected chi connectivity index (χ0v) is 10.6. The molecule has 0 saturated carbocycles. The molecule has 15 heavy (non-hydrogen) atoms. The van der Waals surface area contributed by atoms with Crippen LogP contribution in [0, 0.1) is 3.70 Å². The lowest BCUT2D eigenvalue weighted by Crippen LogP contribution is -2.10. The zero-order valence-electron chi connectivity index (χ0n) is 8.47. The first-order valence-corrected chi connectivity index (χ1v) is 5.93. The molecule has 0 aliphatic carbocycles. The average molecular weight is 317 g/mol. The van der Waals surface area contributed by atoms with Gasteiger partial charge in [0.15, 0.2) is 0 Å². The molecule has 2 aromatic rings. The topological polar surface area (TPSA) is 48.5 Å². The van der Waals surface area contributed by atoms with Crippen LogP contribution in [0.2, 0.25) is 0 Å². The minimum Gasteiger partial charge on any atom is -0.264 e. The molecule has 0 fully saturated rings. The molecule has 0 unspecified atom stereocenters. The Morgan fingerprint density at radius 2 is 2.33 bits per heavy atom. The quantitative estimate of drug-likeness (QED) is 0.804. The fraction of sp³-hybridized carbons (Fsp3) is 0.444. The normalized spacial score (nSPS) is 10.8. The highest BCUT2D eigenvalue weighted by Crippen LogP contribution is 2.03. The van der Waals surface area contributed by atoms with E-state index in [1.54, 1.807) is 6.33 Å². The van der Waals surface area contributed by atoms with Crippen LogP contribution in [0.5, 0.6) is 0 Å². The van der Waals surface area contributed by atoms with Crippen molar-refractivity contribution in [3.8, 4) is 0 Å². The van der Waals surface area contributed by atoms with E-state index in [0.29, 0.717) is 6.54 Å². The lowest BCUT2D eigenvalue weighted by Gasteiger charge is -2.03. The summed E-state index contributed by atoms with van der Waals surface area (Å²) in [6.07, 6.45) is 4.61. The Hall–Kier alpha value is -0.920. The highest BCUT2D eigenvalue weighted by Gasteiger charge is 2.04. The number of nitrogens with zero attached hydrogens (tertiary/aromatic N) is 5. The highest BCUT2D eigenvalue weighted by atomic mass is 127. The summed E-state index contributed by atoms with van der Waals surface area (Å²) in [5.74, 6) is 0.955. The van der Waals surface area contributed by atoms with E-state index in [-0.39, 0.29) is 0 Å². The Labute approximate surface area is 102 Å². The van der Waals surface area contributed by atoms with Crippen molar-refractivity contribution in [2.24, 2.45) is 0 Å². The fourth-order valence-electron chi connectivity index (χ4n) is 1.38. The third-order valence-electron chi connectivity index (χ3n) is 2.04. The molecular formula is C9H12IN5. The Morgan fingerprint density at radius 3 is 3.00 bits per heavy atom. The Bertz CT molecular complexity index is 433. The molecule has 0 N–H and O–H groups in total. The lowest BCUT2D eigenvalue weighted by molar-refractivity contribution is 0.538. The third-order valence-corrected chi connectivity index (χ3v) is 2.62. The molecule has 6 heteroatoms. The molecule has 0 bridgehead atoms. The SMILES string of the molecule is CCCn1ncnc1Cn1ccc(I)n1. The van der Waals surface area contributed by atoms with Crippen molar-refractivity contribution in [2.45, 2.75) is 26.4 Å². The number of hydrogen-bond donors (Lipinski definition) is 0. The molecule has 0 aromatic carbocycles. The molecule has 0 spiro atoms. The van der Waals surface area contributed by atoms with Crippen molar-refractivity contribution in [3.05, 3.63) is 28.1 Å². The molecule has 2 heterocycles. The first kappa shape index (κ1) is 10.6. The summed E-state index contributed by atoms with van der Waals surface area (Å²) >= 11 is 2.19. The smallest absolute Gasteiger partial charge is 0.148 e. The van der Waals surface area contributed by atoms with Crippen LogP contribution in [-0.2, 0) is 13.1 Å². The van der Waals surface area contributed by atoms with Crippen LogP contribution in [0.3, 0.4) is 0 Å². The maximum Gasteiger partial charge on any atom is 0.148 e. The second kappa shape index (κ2) is 4.73. The Morgan fingerprint density at radius 1 is 1.47 bits per heavy atom. The lowest BCUT2D eigenvalue weighted by atomic mass is 10.5. The summed E-state index contributed by atoms with van der Waals surface area (Å²) in [6.45, 7) is 3.72. The maximum atomic E-state index is 4.31. The van der Waals surface area contributed by atoms with Gasteiger partial charge in [-0.25, -0.2) is 9.67 Å². The van der Waals surface area contributed by atoms with E-state index in [1.807, 2.05) is 21.6 Å². The number of hydrogen-bond acceptors (Lipinski definition) is 3. The minimum atomic E-state index is 0.684. The van der Waals surface area contributed by atoms with E-state index in [1.165, 1.54) is 0 Å². The van der Waals surface area contributed by atoms with Gasteiger partial charge in [-0.05, 0) is 35.1 Å². The van der Waals surface area contributed by atoms with Crippen molar-refractivity contribution >= 4 is 22.6 Å². The van der Waals surface area contributed by atoms with Gasteiger partial charge in [0.2, 0.25) is 0 Å². The predicted octanol–water partition coefficient (Wildman–Crippen LogP) is 1.54. The summed E-state index contributed by atoms with van der Waals surface area (Å²) in [6, 6.07) is 1.97. The molecule has 0 radical (unpaired) electrons. The van der Waals surface area contributed by atoms with Gasteiger partial charge in [-0.15, -0.1) is 0 Å². The van der Waals surface area contributed by atoms with Crippen LogP contribution in [0.15, 0.2) is 18.6 Å². The van der Waals surface area contributed by atoms with Gasteiger partial charge in [0.25, 0.3) is 0 Å². The molecule has 2 rings (SSSR count). The fourth-order valence-corrected chi connectivity index (χ4v) is 1.82. The Kier molecular flexibility index (Phi) is 3.34. The Balaban J connectivity index is 2.13. The van der Waals surface area contributed by atoms with Crippen molar-refractivity contribution in [1.82, 2.24) is 24.5 Å². The molecule has 0 saturated heterocycles. The van der Waals surface area contributed by atoms with E-state index < -0.39 is 0 Å². The van der Waals surface area contributed by atoms with Crippen molar-refractivity contribution in [3.63, 3.8) is 0 Å². The summed E-state index contributed by atoms with van der Waals surface area (Å²) < 4.78 is 4.79. The van der Waals surface area contributed by atoms with Gasteiger partial charge < -0.3 is 0 Å². The largest absolute Gasteiger partial charge is 0.264 e. The standard InChI is InChI=1S/C9H12IN5/c1-2-4-15-9(11-7-12-15)6-14-5-3-8(10)13-14/h3,5,7H,2,4,6H2,1H3. The van der Waals surface area contributed by atoms with Gasteiger partial charge in [0.1, 0.15) is 22.4 Å². The first-order valence-electron chi connectivity index (χ1n) is 4.85. The van der Waals surface area contributed by atoms with Gasteiger partial charge in [0.05, 0.1) is 0 Å². The summed E-state index contributed by atoms with van der Waals surface area (Å²) in [5.41, 5.74) is 0. The average Bonchev–Trinajstić information content (AvgIpc) is 2.78. The zero-order chi connectivity index (χ0) is 10.7. The van der Waals surface area contributed by atoms with Gasteiger partial charge in [-0.1, -0.05) is 6.92 Å². The van der Waals surface area contributed by atoms with Crippen LogP contribution < -0.4 is 0 Å². The highest BCUT2D eigenvalue weighted by molar-refractivity contribution is 14.1. The summed E-state index contributed by atoms with van der Waals surface area (Å²) in [5, 5.41) is 8.48. The van der Waals surface area contributed by atoms with Gasteiger partial charge in [-0.3, -0.25) is 4.68 Å². The van der Waals surface area contributed by atoms with Crippen LogP contribution in [0.1, 0.15) is 19.2 Å². The minimum absolute atomic E-state index is 0.684. The molecule has 5 nitrogen and oxygen atoms in total. The van der Waals surface area contributed by atoms with Crippen molar-refractivity contribution in [2.75, 3.05) is 0 Å². The molecular weight excluding hydrogens is 305 g/mol. The second-order valence-electron chi connectivity index (χ2n) is 3.24. The van der Waals surface area contributed by atoms with Crippen LogP contribution in [0.4, 0.5) is 0 Å². The van der Waals surface area contributed by atoms with E-state index in [2.05, 4.69) is 44.7 Å². The monoisotopic (exact) mass is 317 g/mol. The molecule has 0 amide bonds. The summed E-state index contributed by atoms with van der Waals surface area (Å²) in [4.78, 5) is 4.23. The van der Waals surface area contributed by atoms with E-state index in [0.717, 1.165) is 22.5 Å². The van der Waals surface area contributed by atoms with Crippen LogP contribution in [-0.4, -0.2) is 24.5 Å². The van der Waals surface area contributed by atoms with E-state index >= 15 is 0 Å². The second-order valence-corrected chi connectivity index (χ2v) is 4.34. The number of aryl methyl sites for hydroxylation is 1. The number of rotatable bonds is 4. The summed E-state index contributed by atoms with van der Waals surface area (Å²) in [7, 11) is 0. The van der Waals surface area contributed by atoms with Gasteiger partial charge in [-0.2, -0.15) is 10.2 Å². The van der Waals surface area contributed by atoms with E-state index in [4.69, 9.17) is 0 Å². The molecule has 0 aliphatic rings. The van der Waals surface area contributed by atoms with Crippen LogP contribution in [0.25, 0.3) is 0 Å². The number of aromatic nitrogens is 5. The van der Waals surface area contributed by atoms with E-state index in [9.17, 15) is 0 Å².